The van der Waals surface area contributed by atoms with Gasteiger partial charge in [0.2, 0.25) is 0 Å². The number of carboxylic acids is 1. The highest BCUT2D eigenvalue weighted by molar-refractivity contribution is 5.74. The third-order valence-corrected chi connectivity index (χ3v) is 3.12. The van der Waals surface area contributed by atoms with E-state index in [0.29, 0.717) is 11.8 Å². The summed E-state index contributed by atoms with van der Waals surface area (Å²) in [6.45, 7) is 0. The minimum atomic E-state index is -0.577. The number of rotatable bonds is 1. The molecular weight excluding hydrogens is 152 g/mol. The summed E-state index contributed by atoms with van der Waals surface area (Å²) in [6.07, 6.45) is 8.69. The zero-order chi connectivity index (χ0) is 8.55. The molecular formula is C10H14O2. The normalized spacial score (nSPS) is 42.2. The molecule has 1 N–H and O–H groups in total. The van der Waals surface area contributed by atoms with Crippen molar-refractivity contribution in [1.29, 1.82) is 0 Å². The molecule has 2 heteroatoms. The summed E-state index contributed by atoms with van der Waals surface area (Å²) in [7, 11) is 0. The molecule has 2 nitrogen and oxygen atoms in total. The number of hydrogen-bond donors (Lipinski definition) is 1. The van der Waals surface area contributed by atoms with Gasteiger partial charge >= 0.3 is 5.97 Å². The first-order chi connectivity index (χ1) is 5.80. The van der Waals surface area contributed by atoms with Crippen molar-refractivity contribution in [3.63, 3.8) is 0 Å². The van der Waals surface area contributed by atoms with E-state index in [1.807, 2.05) is 0 Å². The van der Waals surface area contributed by atoms with Gasteiger partial charge in [-0.1, -0.05) is 12.2 Å². The summed E-state index contributed by atoms with van der Waals surface area (Å²) >= 11 is 0. The molecule has 66 valence electrons. The maximum atomic E-state index is 10.7. The van der Waals surface area contributed by atoms with E-state index in [9.17, 15) is 4.79 Å². The highest BCUT2D eigenvalue weighted by atomic mass is 16.4. The summed E-state index contributed by atoms with van der Waals surface area (Å²) in [4.78, 5) is 10.7. The van der Waals surface area contributed by atoms with Crippen LogP contribution >= 0.6 is 0 Å². The van der Waals surface area contributed by atoms with Crippen molar-refractivity contribution < 1.29 is 9.90 Å². The van der Waals surface area contributed by atoms with E-state index in [4.69, 9.17) is 5.11 Å². The molecule has 0 saturated heterocycles. The van der Waals surface area contributed by atoms with E-state index in [0.717, 1.165) is 25.7 Å². The minimum Gasteiger partial charge on any atom is -0.481 e. The lowest BCUT2D eigenvalue weighted by Gasteiger charge is -1.98. The fraction of sp³-hybridized carbons (Fsp3) is 0.700. The van der Waals surface area contributed by atoms with Crippen LogP contribution in [0.15, 0.2) is 12.2 Å². The van der Waals surface area contributed by atoms with Gasteiger partial charge in [0.1, 0.15) is 0 Å². The number of carbonyl (C=O) groups is 1. The van der Waals surface area contributed by atoms with E-state index in [1.165, 1.54) is 0 Å². The molecule has 12 heavy (non-hydrogen) atoms. The monoisotopic (exact) mass is 166 g/mol. The molecule has 0 radical (unpaired) electrons. The summed E-state index contributed by atoms with van der Waals surface area (Å²) in [6, 6.07) is 0. The topological polar surface area (TPSA) is 37.3 Å². The van der Waals surface area contributed by atoms with Crippen molar-refractivity contribution >= 4 is 5.97 Å². The molecule has 0 aliphatic heterocycles. The molecule has 0 amide bonds. The Hall–Kier alpha value is -0.790. The van der Waals surface area contributed by atoms with Gasteiger partial charge in [-0.05, 0) is 37.5 Å². The zero-order valence-electron chi connectivity index (χ0n) is 7.07. The van der Waals surface area contributed by atoms with E-state index >= 15 is 0 Å². The van der Waals surface area contributed by atoms with E-state index in [1.54, 1.807) is 0 Å². The number of carboxylic acid groups (broad SMARTS) is 1. The average molecular weight is 166 g/mol. The van der Waals surface area contributed by atoms with Crippen LogP contribution in [-0.4, -0.2) is 11.1 Å². The van der Waals surface area contributed by atoms with E-state index < -0.39 is 5.97 Å². The fourth-order valence-electron chi connectivity index (χ4n) is 2.41. The first-order valence-electron chi connectivity index (χ1n) is 4.68. The van der Waals surface area contributed by atoms with Crippen LogP contribution in [0.1, 0.15) is 25.7 Å². The molecule has 0 aromatic heterocycles. The highest BCUT2D eigenvalue weighted by Gasteiger charge is 2.53. The van der Waals surface area contributed by atoms with Crippen molar-refractivity contribution in [2.45, 2.75) is 25.7 Å². The molecule has 2 rings (SSSR count). The Labute approximate surface area is 72.3 Å². The quantitative estimate of drug-likeness (QED) is 0.605. The molecule has 0 aromatic carbocycles. The van der Waals surface area contributed by atoms with Crippen molar-refractivity contribution in [1.82, 2.24) is 0 Å². The number of hydrogen-bond acceptors (Lipinski definition) is 1. The second-order valence-corrected chi connectivity index (χ2v) is 3.82. The smallest absolute Gasteiger partial charge is 0.307 e. The van der Waals surface area contributed by atoms with Crippen LogP contribution in [-0.2, 0) is 4.79 Å². The van der Waals surface area contributed by atoms with Crippen LogP contribution in [0.5, 0.6) is 0 Å². The van der Waals surface area contributed by atoms with E-state index in [2.05, 4.69) is 12.2 Å². The van der Waals surface area contributed by atoms with Crippen molar-refractivity contribution in [2.24, 2.45) is 17.8 Å². The Kier molecular flexibility index (Phi) is 1.91. The van der Waals surface area contributed by atoms with Gasteiger partial charge in [0.15, 0.2) is 0 Å². The summed E-state index contributed by atoms with van der Waals surface area (Å²) in [5.74, 6) is 0.400. The van der Waals surface area contributed by atoms with Gasteiger partial charge in [-0.15, -0.1) is 0 Å². The molecule has 0 aromatic rings. The molecule has 2 aliphatic carbocycles. The Morgan fingerprint density at radius 3 is 2.08 bits per heavy atom. The maximum absolute atomic E-state index is 10.7. The van der Waals surface area contributed by atoms with Gasteiger partial charge in [0.05, 0.1) is 5.92 Å². The second kappa shape index (κ2) is 2.92. The lowest BCUT2D eigenvalue weighted by Crippen LogP contribution is -2.00. The first kappa shape index (κ1) is 7.84. The van der Waals surface area contributed by atoms with E-state index in [-0.39, 0.29) is 5.92 Å². The SMILES string of the molecule is O=C(O)C1C2CC/C=C\CCC21. The lowest BCUT2D eigenvalue weighted by molar-refractivity contribution is -0.139. The molecule has 0 spiro atoms. The first-order valence-corrected chi connectivity index (χ1v) is 4.68. The third kappa shape index (κ3) is 1.26. The molecule has 0 heterocycles. The Balaban J connectivity index is 1.98. The highest BCUT2D eigenvalue weighted by Crippen LogP contribution is 2.52. The van der Waals surface area contributed by atoms with Crippen molar-refractivity contribution in [3.05, 3.63) is 12.2 Å². The zero-order valence-corrected chi connectivity index (χ0v) is 7.07. The van der Waals surface area contributed by atoms with Crippen LogP contribution in [0.25, 0.3) is 0 Å². The lowest BCUT2D eigenvalue weighted by atomic mass is 10.1. The molecule has 2 unspecified atom stereocenters. The molecule has 1 fully saturated rings. The van der Waals surface area contributed by atoms with Gasteiger partial charge < -0.3 is 5.11 Å². The van der Waals surface area contributed by atoms with Crippen LogP contribution < -0.4 is 0 Å². The molecule has 2 atom stereocenters. The average Bonchev–Trinajstić information content (AvgIpc) is 2.60. The third-order valence-electron chi connectivity index (χ3n) is 3.12. The molecule has 0 bridgehead atoms. The molecule has 1 saturated carbocycles. The predicted octanol–water partition coefficient (Wildman–Crippen LogP) is 2.06. The van der Waals surface area contributed by atoms with Crippen molar-refractivity contribution in [2.75, 3.05) is 0 Å². The number of aliphatic carboxylic acids is 1. The fourth-order valence-corrected chi connectivity index (χ4v) is 2.41. The Morgan fingerprint density at radius 1 is 1.17 bits per heavy atom. The van der Waals surface area contributed by atoms with Crippen LogP contribution in [0, 0.1) is 17.8 Å². The minimum absolute atomic E-state index is 0.00935. The largest absolute Gasteiger partial charge is 0.481 e. The van der Waals surface area contributed by atoms with Gasteiger partial charge in [0, 0.05) is 0 Å². The van der Waals surface area contributed by atoms with Crippen molar-refractivity contribution in [3.8, 4) is 0 Å². The summed E-state index contributed by atoms with van der Waals surface area (Å²) in [5, 5.41) is 8.85. The van der Waals surface area contributed by atoms with Gasteiger partial charge in [-0.2, -0.15) is 0 Å². The summed E-state index contributed by atoms with van der Waals surface area (Å²) in [5.41, 5.74) is 0. The van der Waals surface area contributed by atoms with Crippen LogP contribution in [0.4, 0.5) is 0 Å². The van der Waals surface area contributed by atoms with Gasteiger partial charge in [0.25, 0.3) is 0 Å². The molecule has 2 aliphatic rings. The second-order valence-electron chi connectivity index (χ2n) is 3.82. The van der Waals surface area contributed by atoms with Gasteiger partial charge in [-0.25, -0.2) is 0 Å². The Bertz CT molecular complexity index is 204. The summed E-state index contributed by atoms with van der Waals surface area (Å²) < 4.78 is 0. The Morgan fingerprint density at radius 2 is 1.67 bits per heavy atom. The maximum Gasteiger partial charge on any atom is 0.307 e. The standard InChI is InChI=1S/C10H14O2/c11-10(12)9-7-5-3-1-2-4-6-8(7)9/h1-2,7-9H,3-6H2,(H,11,12)/b2-1-. The predicted molar refractivity (Wildman–Crippen MR) is 45.7 cm³/mol. The number of allylic oxidation sites excluding steroid dienone is 2. The number of fused-ring (bicyclic) bond motifs is 1. The van der Waals surface area contributed by atoms with Gasteiger partial charge in [-0.3, -0.25) is 4.79 Å². The van der Waals surface area contributed by atoms with Crippen LogP contribution in [0.2, 0.25) is 0 Å². The van der Waals surface area contributed by atoms with Crippen LogP contribution in [0.3, 0.4) is 0 Å².